The first-order chi connectivity index (χ1) is 11.1. The lowest BCUT2D eigenvalue weighted by Gasteiger charge is -2.05. The van der Waals surface area contributed by atoms with Crippen molar-refractivity contribution in [1.29, 1.82) is 0 Å². The summed E-state index contributed by atoms with van der Waals surface area (Å²) in [5.41, 5.74) is 1.69. The van der Waals surface area contributed by atoms with Crippen LogP contribution in [-0.4, -0.2) is 19.1 Å². The first-order valence-electron chi connectivity index (χ1n) is 6.76. The van der Waals surface area contributed by atoms with E-state index in [1.54, 1.807) is 42.5 Å². The number of anilines is 1. The number of carbonyl (C=O) groups is 2. The summed E-state index contributed by atoms with van der Waals surface area (Å²) in [6.07, 6.45) is 3.09. The predicted molar refractivity (Wildman–Crippen MR) is 85.4 cm³/mol. The molecule has 2 aromatic rings. The lowest BCUT2D eigenvalue weighted by atomic mass is 10.2. The first-order valence-corrected chi connectivity index (χ1v) is 6.76. The number of carbonyl (C=O) groups excluding carboxylic acids is 2. The fourth-order valence-electron chi connectivity index (χ4n) is 1.76. The summed E-state index contributed by atoms with van der Waals surface area (Å²) < 4.78 is 17.3. The number of esters is 1. The minimum absolute atomic E-state index is 0.316. The normalized spacial score (nSPS) is 10.3. The molecule has 0 aliphatic carbocycles. The molecule has 2 rings (SSSR count). The Hall–Kier alpha value is -3.15. The summed E-state index contributed by atoms with van der Waals surface area (Å²) in [6, 6.07) is 11.7. The number of urea groups is 1. The lowest BCUT2D eigenvalue weighted by Crippen LogP contribution is -2.23. The van der Waals surface area contributed by atoms with Crippen LogP contribution in [0.5, 0.6) is 0 Å². The van der Waals surface area contributed by atoms with Crippen LogP contribution in [0.15, 0.2) is 54.7 Å². The predicted octanol–water partition coefficient (Wildman–Crippen LogP) is 3.40. The van der Waals surface area contributed by atoms with Crippen LogP contribution in [0.3, 0.4) is 0 Å². The Balaban J connectivity index is 1.87. The van der Waals surface area contributed by atoms with E-state index < -0.39 is 12.0 Å². The topological polar surface area (TPSA) is 67.4 Å². The number of hydrogen-bond acceptors (Lipinski definition) is 3. The van der Waals surface area contributed by atoms with Crippen LogP contribution in [0.25, 0.3) is 6.08 Å². The fraction of sp³-hybridized carbons (Fsp3) is 0.0588. The van der Waals surface area contributed by atoms with Gasteiger partial charge in [-0.3, -0.25) is 0 Å². The van der Waals surface area contributed by atoms with Crippen molar-refractivity contribution in [3.63, 3.8) is 0 Å². The number of ether oxygens (including phenoxy) is 1. The van der Waals surface area contributed by atoms with Crippen LogP contribution >= 0.6 is 0 Å². The number of halogens is 1. The molecule has 0 saturated heterocycles. The van der Waals surface area contributed by atoms with E-state index in [-0.39, 0.29) is 5.82 Å². The Labute approximate surface area is 132 Å². The lowest BCUT2D eigenvalue weighted by molar-refractivity contribution is 0.0601. The molecule has 23 heavy (non-hydrogen) atoms. The highest BCUT2D eigenvalue weighted by Gasteiger charge is 2.05. The summed E-state index contributed by atoms with van der Waals surface area (Å²) in [6.45, 7) is 0. The maximum atomic E-state index is 12.7. The second kappa shape index (κ2) is 7.74. The molecule has 0 aliphatic heterocycles. The third-order valence-corrected chi connectivity index (χ3v) is 2.92. The van der Waals surface area contributed by atoms with Gasteiger partial charge >= 0.3 is 12.0 Å². The van der Waals surface area contributed by atoms with Crippen LogP contribution < -0.4 is 10.6 Å². The molecular formula is C17H15FN2O3. The summed E-state index contributed by atoms with van der Waals surface area (Å²) in [7, 11) is 1.30. The average Bonchev–Trinajstić information content (AvgIpc) is 2.56. The van der Waals surface area contributed by atoms with E-state index in [0.717, 1.165) is 5.56 Å². The van der Waals surface area contributed by atoms with Gasteiger partial charge in [-0.05, 0) is 48.0 Å². The molecule has 5 nitrogen and oxygen atoms in total. The second-order valence-electron chi connectivity index (χ2n) is 4.55. The van der Waals surface area contributed by atoms with Crippen LogP contribution in [0.4, 0.5) is 14.9 Å². The standard InChI is InChI=1S/C17H15FN2O3/c1-23-16(21)13-4-8-15(9-5-13)20-17(22)19-11-10-12-2-6-14(18)7-3-12/h2-11H,1H3,(H2,19,20,22)/b11-10+. The molecule has 0 radical (unpaired) electrons. The molecule has 0 spiro atoms. The Morgan fingerprint density at radius 1 is 1.04 bits per heavy atom. The molecule has 2 amide bonds. The van der Waals surface area contributed by atoms with E-state index in [2.05, 4.69) is 15.4 Å². The molecule has 6 heteroatoms. The van der Waals surface area contributed by atoms with Gasteiger partial charge in [0.1, 0.15) is 5.82 Å². The maximum absolute atomic E-state index is 12.7. The number of hydrogen-bond donors (Lipinski definition) is 2. The van der Waals surface area contributed by atoms with E-state index in [0.29, 0.717) is 11.3 Å². The summed E-state index contributed by atoms with van der Waals surface area (Å²) >= 11 is 0. The number of methoxy groups -OCH3 is 1. The number of rotatable bonds is 4. The van der Waals surface area contributed by atoms with Gasteiger partial charge in [-0.15, -0.1) is 0 Å². The molecule has 0 saturated carbocycles. The number of amides is 2. The van der Waals surface area contributed by atoms with Crippen molar-refractivity contribution in [2.75, 3.05) is 12.4 Å². The van der Waals surface area contributed by atoms with Crippen LogP contribution in [0.1, 0.15) is 15.9 Å². The van der Waals surface area contributed by atoms with Crippen LogP contribution in [0.2, 0.25) is 0 Å². The summed E-state index contributed by atoms with van der Waals surface area (Å²) in [5, 5.41) is 5.13. The van der Waals surface area contributed by atoms with E-state index >= 15 is 0 Å². The molecule has 118 valence electrons. The van der Waals surface area contributed by atoms with Crippen molar-refractivity contribution >= 4 is 23.8 Å². The van der Waals surface area contributed by atoms with Crippen molar-refractivity contribution < 1.29 is 18.7 Å². The summed E-state index contributed by atoms with van der Waals surface area (Å²) in [4.78, 5) is 23.0. The molecule has 0 aliphatic rings. The molecular weight excluding hydrogens is 299 g/mol. The highest BCUT2D eigenvalue weighted by atomic mass is 19.1. The Bertz CT molecular complexity index is 710. The van der Waals surface area contributed by atoms with E-state index in [9.17, 15) is 14.0 Å². The van der Waals surface area contributed by atoms with Crippen molar-refractivity contribution in [2.45, 2.75) is 0 Å². The highest BCUT2D eigenvalue weighted by Crippen LogP contribution is 2.10. The van der Waals surface area contributed by atoms with Gasteiger partial charge in [-0.25, -0.2) is 14.0 Å². The smallest absolute Gasteiger partial charge is 0.337 e. The highest BCUT2D eigenvalue weighted by molar-refractivity contribution is 5.92. The largest absolute Gasteiger partial charge is 0.465 e. The van der Waals surface area contributed by atoms with Crippen molar-refractivity contribution in [2.24, 2.45) is 0 Å². The molecule has 0 bridgehead atoms. The zero-order valence-corrected chi connectivity index (χ0v) is 12.4. The zero-order valence-electron chi connectivity index (χ0n) is 12.4. The van der Waals surface area contributed by atoms with Gasteiger partial charge in [0.2, 0.25) is 0 Å². The quantitative estimate of drug-likeness (QED) is 0.850. The van der Waals surface area contributed by atoms with E-state index in [1.807, 2.05) is 0 Å². The van der Waals surface area contributed by atoms with E-state index in [1.165, 1.54) is 25.4 Å². The van der Waals surface area contributed by atoms with Crippen molar-refractivity contribution in [1.82, 2.24) is 5.32 Å². The summed E-state index contributed by atoms with van der Waals surface area (Å²) in [5.74, 6) is -0.758. The Morgan fingerprint density at radius 3 is 2.30 bits per heavy atom. The molecule has 0 atom stereocenters. The SMILES string of the molecule is COC(=O)c1ccc(NC(=O)N/C=C/c2ccc(F)cc2)cc1. The van der Waals surface area contributed by atoms with Gasteiger partial charge in [0.05, 0.1) is 12.7 Å². The van der Waals surface area contributed by atoms with Gasteiger partial charge in [-0.2, -0.15) is 0 Å². The first kappa shape index (κ1) is 16.2. The van der Waals surface area contributed by atoms with Gasteiger partial charge in [0, 0.05) is 11.9 Å². The molecule has 2 aromatic carbocycles. The maximum Gasteiger partial charge on any atom is 0.337 e. The fourth-order valence-corrected chi connectivity index (χ4v) is 1.76. The third kappa shape index (κ3) is 4.96. The molecule has 2 N–H and O–H groups in total. The molecule has 0 aromatic heterocycles. The number of nitrogens with one attached hydrogen (secondary N) is 2. The Morgan fingerprint density at radius 2 is 1.70 bits per heavy atom. The van der Waals surface area contributed by atoms with Crippen molar-refractivity contribution in [3.05, 3.63) is 71.7 Å². The van der Waals surface area contributed by atoms with Gasteiger partial charge < -0.3 is 15.4 Å². The zero-order chi connectivity index (χ0) is 16.7. The van der Waals surface area contributed by atoms with Gasteiger partial charge in [0.15, 0.2) is 0 Å². The van der Waals surface area contributed by atoms with Crippen LogP contribution in [-0.2, 0) is 4.74 Å². The monoisotopic (exact) mass is 314 g/mol. The Kier molecular flexibility index (Phi) is 5.46. The minimum Gasteiger partial charge on any atom is -0.465 e. The van der Waals surface area contributed by atoms with E-state index in [4.69, 9.17) is 0 Å². The van der Waals surface area contributed by atoms with Crippen LogP contribution in [0, 0.1) is 5.82 Å². The third-order valence-electron chi connectivity index (χ3n) is 2.92. The molecule has 0 unspecified atom stereocenters. The van der Waals surface area contributed by atoms with Crippen molar-refractivity contribution in [3.8, 4) is 0 Å². The second-order valence-corrected chi connectivity index (χ2v) is 4.55. The minimum atomic E-state index is -0.441. The molecule has 0 heterocycles. The molecule has 0 fully saturated rings. The van der Waals surface area contributed by atoms with Gasteiger partial charge in [-0.1, -0.05) is 12.1 Å². The average molecular weight is 314 g/mol. The van der Waals surface area contributed by atoms with Gasteiger partial charge in [0.25, 0.3) is 0 Å². The number of benzene rings is 2.